The van der Waals surface area contributed by atoms with Crippen LogP contribution in [-0.4, -0.2) is 192 Å². The highest BCUT2D eigenvalue weighted by Crippen LogP contribution is 2.51. The molecule has 16 heterocycles. The number of piperidine rings is 2. The van der Waals surface area contributed by atoms with Crippen molar-refractivity contribution in [1.82, 2.24) is 40.1 Å². The Hall–Kier alpha value is -10.9. The van der Waals surface area contributed by atoms with Gasteiger partial charge in [-0.05, 0) is 272 Å². The second-order valence-electron chi connectivity index (χ2n) is 41.8. The number of hydrogen-bond donors (Lipinski definition) is 4. The maximum Gasteiger partial charge on any atom is 0.498 e. The molecule has 148 heavy (non-hydrogen) atoms. The van der Waals surface area contributed by atoms with E-state index in [-0.39, 0.29) is 52.1 Å². The Morgan fingerprint density at radius 2 is 0.824 bits per heavy atom. The third-order valence-electron chi connectivity index (χ3n) is 29.0. The number of hydrogen-bond acceptors (Lipinski definition) is 28. The Morgan fingerprint density at radius 1 is 0.480 bits per heavy atom. The number of likely N-dealkylation sites (tertiary alicyclic amines) is 1. The van der Waals surface area contributed by atoms with Crippen molar-refractivity contribution in [3.63, 3.8) is 0 Å². The van der Waals surface area contributed by atoms with Gasteiger partial charge in [0.2, 0.25) is 17.2 Å². The Bertz CT molecular complexity index is 6990. The molecule has 13 aromatic rings. The van der Waals surface area contributed by atoms with Gasteiger partial charge in [0.25, 0.3) is 0 Å². The summed E-state index contributed by atoms with van der Waals surface area (Å²) < 4.78 is 118. The summed E-state index contributed by atoms with van der Waals surface area (Å²) in [5.74, 6) is 5.72. The van der Waals surface area contributed by atoms with Gasteiger partial charge in [-0.3, -0.25) is 0 Å². The van der Waals surface area contributed by atoms with E-state index in [2.05, 4.69) is 197 Å². The van der Waals surface area contributed by atoms with Crippen molar-refractivity contribution in [1.29, 1.82) is 0 Å². The first-order chi connectivity index (χ1) is 70.2. The molecule has 5 saturated heterocycles. The zero-order valence-electron chi connectivity index (χ0n) is 87.2. The Morgan fingerprint density at radius 3 is 1.21 bits per heavy atom. The molecule has 10 aliphatic heterocycles. The number of halogens is 5. The van der Waals surface area contributed by atoms with E-state index in [1.807, 2.05) is 119 Å². The van der Waals surface area contributed by atoms with Gasteiger partial charge in [-0.25, -0.2) is 39.5 Å². The predicted molar refractivity (Wildman–Crippen MR) is 583 cm³/mol. The highest BCUT2D eigenvalue weighted by atomic mass is 79.9. The molecule has 0 aliphatic carbocycles. The van der Waals surface area contributed by atoms with Crippen molar-refractivity contribution in [3.05, 3.63) is 209 Å². The molecular formula is C110H126B3BrClF3N10O17S3. The second-order valence-corrected chi connectivity index (χ2v) is 46.7. The number of nitrogens with zero attached hydrogens (tertiary/aromatic N) is 7. The molecule has 780 valence electrons. The van der Waals surface area contributed by atoms with Crippen molar-refractivity contribution in [2.45, 2.75) is 240 Å². The Balaban J connectivity index is 0.000000125. The van der Waals surface area contributed by atoms with Crippen LogP contribution in [0.5, 0.6) is 40.2 Å². The first-order valence-electron chi connectivity index (χ1n) is 50.0. The number of ether oxygens (including phenoxy) is 8. The summed E-state index contributed by atoms with van der Waals surface area (Å²) in [7, 11) is 2.11. The summed E-state index contributed by atoms with van der Waals surface area (Å²) in [4.78, 5) is 54.4. The number of aryl methyl sites for hydroxylation is 3. The van der Waals surface area contributed by atoms with E-state index >= 15 is 0 Å². The molecule has 0 bridgehead atoms. The van der Waals surface area contributed by atoms with Gasteiger partial charge in [-0.1, -0.05) is 97.1 Å². The molecule has 0 radical (unpaired) electrons. The summed E-state index contributed by atoms with van der Waals surface area (Å²) in [5.41, 5.74) is 18.5. The molecule has 23 rings (SSSR count). The number of carboxylic acid groups (broad SMARTS) is 1. The largest absolute Gasteiger partial charge is 0.498 e. The minimum absolute atomic E-state index is 0.238. The number of nitrogens with one attached hydrogen (secondary N) is 3. The fourth-order valence-corrected chi connectivity index (χ4v) is 22.7. The zero-order valence-corrected chi connectivity index (χ0v) is 92.0. The maximum atomic E-state index is 12.5. The molecular weight excluding hydrogens is 2030 g/mol. The summed E-state index contributed by atoms with van der Waals surface area (Å²) in [6, 6.07) is 44.1. The number of carbonyl (C=O) groups is 2. The molecule has 7 aromatic carbocycles. The molecule has 1 amide bonds. The number of carboxylic acids is 1. The van der Waals surface area contributed by atoms with Crippen LogP contribution < -0.4 is 54.6 Å². The second kappa shape index (κ2) is 44.2. The zero-order chi connectivity index (χ0) is 105. The lowest BCUT2D eigenvalue weighted by molar-refractivity contribution is -0.192. The molecule has 6 aromatic heterocycles. The fourth-order valence-electron chi connectivity index (χ4n) is 19.1. The molecule has 0 spiro atoms. The van der Waals surface area contributed by atoms with E-state index < -0.39 is 31.8 Å². The lowest BCUT2D eigenvalue weighted by Gasteiger charge is -2.33. The van der Waals surface area contributed by atoms with Gasteiger partial charge in [-0.15, -0.1) is 34.0 Å². The summed E-state index contributed by atoms with van der Waals surface area (Å²) in [5, 5.41) is 17.6. The van der Waals surface area contributed by atoms with Crippen LogP contribution in [0, 0.1) is 20.8 Å². The third-order valence-corrected chi connectivity index (χ3v) is 32.9. The molecule has 5 fully saturated rings. The van der Waals surface area contributed by atoms with Crippen molar-refractivity contribution in [3.8, 4) is 73.6 Å². The van der Waals surface area contributed by atoms with E-state index in [4.69, 9.17) is 97.3 Å². The number of fused-ring (bicyclic) bond motifs is 8. The van der Waals surface area contributed by atoms with Gasteiger partial charge in [0.05, 0.1) is 140 Å². The molecule has 0 unspecified atom stereocenters. The van der Waals surface area contributed by atoms with E-state index in [0.29, 0.717) is 43.4 Å². The fraction of sp³-hybridized carbons (Fsp3) is 0.436. The highest BCUT2D eigenvalue weighted by Gasteiger charge is 2.64. The van der Waals surface area contributed by atoms with E-state index in [0.717, 1.165) is 223 Å². The minimum atomic E-state index is -5.08. The third kappa shape index (κ3) is 23.7. The van der Waals surface area contributed by atoms with Crippen LogP contribution in [-0.2, 0) is 69.6 Å². The van der Waals surface area contributed by atoms with Gasteiger partial charge in [0.1, 0.15) is 45.8 Å². The quantitative estimate of drug-likeness (QED) is 0.0616. The number of benzene rings is 7. The monoisotopic (exact) mass is 2160 g/mol. The number of carbonyl (C=O) groups excluding carboxylic acids is 1. The molecule has 4 N–H and O–H groups in total. The molecule has 38 heteroatoms. The van der Waals surface area contributed by atoms with Crippen LogP contribution in [0.25, 0.3) is 64.0 Å². The summed E-state index contributed by atoms with van der Waals surface area (Å²) >= 11 is 14.5. The van der Waals surface area contributed by atoms with Crippen molar-refractivity contribution >= 4 is 154 Å². The smallest absolute Gasteiger partial charge is 0.495 e. The number of thiophene rings is 3. The number of methoxy groups -OCH3 is 2. The standard InChI is InChI=1S/C32H36N4O4S.C27H28N4O2S.C15H11ClN2OS.C14H19BO3.C12H24B2O4.C8H7BrO.C2HF3O2/c1-19-27(23-8-6-7-21-13-16-39-29(21)23)28-26(41-19)18-33-30(35-28)34-24-10-9-22(17-25(24)38-5)20-11-14-36(15-12-20)31(37)40-32(2,3)4;1-16-24(20-5-3-4-18-10-13-33-26(18)20)25-23(34-16)15-29-27(31-25)30-21-7-6-19(14-22(21)32-2)17-8-11-28-12-9-17;1-8-12(13-11(20-8)7-17-15(16)18-13)10-4-2-3-9-5-6-19-14(9)10;1-13(2)14(3,4)18-15(17-13)11-7-5-6-10-8-9-16-12(10)11;1-9(2)10(3,4)16-13(15-9)14-17-11(5,6)12(7,8)18-14;9-7-3-1-2-6-4-5-10-8(6)7;3-2(4,5)1(6)7/h6-10,17-18,20H,11-16H2,1-5H3,(H,33,34,35);3-7,14-15,17,28H,8-13H2,1-2H3,(H,29,30,31);2-4,7H,5-6H2,1H3;5-7H,8-9H2,1-4H3;1-8H3;1-3H,4-5H2;(H,6,7). The Kier molecular flexibility index (Phi) is 32.3. The maximum absolute atomic E-state index is 12.5. The number of anilines is 4. The van der Waals surface area contributed by atoms with E-state index in [1.165, 1.54) is 53.6 Å². The molecule has 0 atom stereocenters. The minimum Gasteiger partial charge on any atom is -0.495 e. The molecule has 27 nitrogen and oxygen atoms in total. The highest BCUT2D eigenvalue weighted by molar-refractivity contribution is 9.10. The first-order valence-corrected chi connectivity index (χ1v) is 53.7. The Labute approximate surface area is 888 Å². The molecule has 0 saturated carbocycles. The summed E-state index contributed by atoms with van der Waals surface area (Å²) in [6.07, 6.45) is 9.21. The van der Waals surface area contributed by atoms with Crippen LogP contribution in [0.1, 0.15) is 195 Å². The lowest BCUT2D eigenvalue weighted by Crippen LogP contribution is -2.41. The number of alkyl halides is 3. The van der Waals surface area contributed by atoms with E-state index in [1.54, 1.807) is 59.3 Å². The van der Waals surface area contributed by atoms with Crippen molar-refractivity contribution in [2.75, 3.05) is 84.1 Å². The van der Waals surface area contributed by atoms with Gasteiger partial charge in [0, 0.05) is 105 Å². The number of aliphatic carboxylic acids is 1. The van der Waals surface area contributed by atoms with Crippen molar-refractivity contribution in [2.24, 2.45) is 0 Å². The van der Waals surface area contributed by atoms with Crippen LogP contribution in [0.2, 0.25) is 5.28 Å². The number of rotatable bonds is 13. The van der Waals surface area contributed by atoms with Crippen LogP contribution in [0.3, 0.4) is 0 Å². The predicted octanol–water partition coefficient (Wildman–Crippen LogP) is 24.7. The van der Waals surface area contributed by atoms with Crippen molar-refractivity contribution < 1.29 is 93.7 Å². The topological polar surface area (TPSA) is 300 Å². The van der Waals surface area contributed by atoms with Gasteiger partial charge < -0.3 is 91.8 Å². The van der Waals surface area contributed by atoms with Gasteiger partial charge in [-0.2, -0.15) is 13.2 Å². The number of para-hydroxylation sites is 5. The SMILES string of the molecule is Brc1cccc2c1OCC2.CC1(C)OB(B2OC(C)(C)C(C)(C)O2)OC1(C)C.CC1(C)OB(c2cccc3c2OCC3)OC1(C)C.COc1cc(C2CCN(C(=O)OC(C)(C)C)CC2)ccc1Nc1ncc2sc(C)c(-c3cccc4c3OCC4)c2n1.COc1cc(C2CCNCC2)ccc1Nc1ncc2sc(C)c(-c3cccc4c3OCC4)c2n1.Cc1sc2cnc(Cl)nc2c1-c1cccc2c1OCC2.O=C(O)C(F)(F)F. The van der Waals surface area contributed by atoms with Crippen LogP contribution in [0.4, 0.5) is 41.2 Å². The normalized spacial score (nSPS) is 18.1. The molecule has 10 aliphatic rings. The number of aromatic nitrogens is 6. The lowest BCUT2D eigenvalue weighted by atomic mass is 9.49. The average molecular weight is 2160 g/mol. The van der Waals surface area contributed by atoms with E-state index in [9.17, 15) is 18.0 Å². The summed E-state index contributed by atoms with van der Waals surface area (Å²) in [6.45, 7) is 43.8. The average Bonchev–Trinajstić information content (AvgIpc) is 1.59. The number of amides is 1. The van der Waals surface area contributed by atoms with Crippen LogP contribution in [0.15, 0.2) is 150 Å². The first kappa shape index (κ1) is 108. The van der Waals surface area contributed by atoms with Crippen LogP contribution >= 0.6 is 61.5 Å². The van der Waals surface area contributed by atoms with Gasteiger partial charge in [0.15, 0.2) is 0 Å². The van der Waals surface area contributed by atoms with Gasteiger partial charge >= 0.3 is 39.4 Å².